The van der Waals surface area contributed by atoms with Crippen LogP contribution in [0.1, 0.15) is 28.8 Å². The van der Waals surface area contributed by atoms with Gasteiger partial charge in [-0.3, -0.25) is 4.48 Å². The summed E-state index contributed by atoms with van der Waals surface area (Å²) in [5, 5.41) is -0.378. The van der Waals surface area contributed by atoms with Crippen molar-refractivity contribution in [3.05, 3.63) is 65.7 Å². The first-order valence-corrected chi connectivity index (χ1v) is 10.9. The maximum Gasteiger partial charge on any atom is 0.337 e. The standard InChI is InChI=1S/C21H27N2O4S/c1-23(19-6-4-3-5-7-19)14-12-20(13-15-23)28(25,26)22-16-17-8-10-18(11-9-17)21(24)27-2/h3-11,20,22H,12-16H2,1-2H3/q+1. The molecule has 0 aromatic heterocycles. The van der Waals surface area contributed by atoms with Gasteiger partial charge in [0.15, 0.2) is 0 Å². The molecular weight excluding hydrogens is 376 g/mol. The number of nitrogens with zero attached hydrogens (tertiary/aromatic N) is 1. The van der Waals surface area contributed by atoms with Gasteiger partial charge in [0.25, 0.3) is 0 Å². The van der Waals surface area contributed by atoms with Crippen LogP contribution in [0.5, 0.6) is 0 Å². The second-order valence-electron chi connectivity index (χ2n) is 7.43. The molecule has 3 rings (SSSR count). The molecular formula is C21H27N2O4S+. The molecule has 1 aliphatic rings. The minimum atomic E-state index is -3.40. The molecule has 1 heterocycles. The molecule has 0 saturated carbocycles. The fourth-order valence-electron chi connectivity index (χ4n) is 3.65. The number of benzene rings is 2. The van der Waals surface area contributed by atoms with Crippen molar-refractivity contribution in [3.63, 3.8) is 0 Å². The molecule has 1 aliphatic heterocycles. The Balaban J connectivity index is 1.58. The second-order valence-corrected chi connectivity index (χ2v) is 9.48. The van der Waals surface area contributed by atoms with E-state index in [1.54, 1.807) is 24.3 Å². The summed E-state index contributed by atoms with van der Waals surface area (Å²) in [7, 11) is 0.0939. The Morgan fingerprint density at radius 1 is 1.07 bits per heavy atom. The highest BCUT2D eigenvalue weighted by atomic mass is 32.2. The number of carbonyl (C=O) groups is 1. The summed E-state index contributed by atoms with van der Waals surface area (Å²) in [5.74, 6) is -0.408. The number of piperidine rings is 1. The van der Waals surface area contributed by atoms with Gasteiger partial charge in [-0.25, -0.2) is 17.9 Å². The van der Waals surface area contributed by atoms with E-state index in [0.29, 0.717) is 18.4 Å². The number of methoxy groups -OCH3 is 1. The molecule has 1 N–H and O–H groups in total. The van der Waals surface area contributed by atoms with Crippen LogP contribution >= 0.6 is 0 Å². The van der Waals surface area contributed by atoms with Gasteiger partial charge in [0.05, 0.1) is 38.1 Å². The third-order valence-electron chi connectivity index (χ3n) is 5.56. The van der Waals surface area contributed by atoms with Crippen molar-refractivity contribution >= 4 is 21.7 Å². The maximum atomic E-state index is 12.7. The van der Waals surface area contributed by atoms with Crippen LogP contribution in [0.4, 0.5) is 5.69 Å². The van der Waals surface area contributed by atoms with Gasteiger partial charge in [0, 0.05) is 19.4 Å². The molecule has 0 aliphatic carbocycles. The Morgan fingerprint density at radius 2 is 1.68 bits per heavy atom. The topological polar surface area (TPSA) is 72.5 Å². The van der Waals surface area contributed by atoms with Crippen LogP contribution in [0.2, 0.25) is 0 Å². The summed E-state index contributed by atoms with van der Waals surface area (Å²) < 4.78 is 33.6. The Labute approximate surface area is 166 Å². The van der Waals surface area contributed by atoms with E-state index in [1.165, 1.54) is 12.8 Å². The van der Waals surface area contributed by atoms with Crippen LogP contribution in [-0.4, -0.2) is 46.9 Å². The molecule has 1 fully saturated rings. The van der Waals surface area contributed by atoms with Crippen molar-refractivity contribution in [2.24, 2.45) is 0 Å². The normalized spacial score (nSPS) is 22.6. The van der Waals surface area contributed by atoms with Crippen molar-refractivity contribution in [2.45, 2.75) is 24.6 Å². The van der Waals surface area contributed by atoms with Crippen molar-refractivity contribution in [1.82, 2.24) is 9.21 Å². The first kappa shape index (κ1) is 20.5. The number of ether oxygens (including phenoxy) is 1. The molecule has 2 aromatic carbocycles. The predicted octanol–water partition coefficient (Wildman–Crippen LogP) is 2.69. The Bertz CT molecular complexity index is 903. The number of hydrogen-bond donors (Lipinski definition) is 1. The minimum Gasteiger partial charge on any atom is -0.465 e. The molecule has 7 heteroatoms. The van der Waals surface area contributed by atoms with Gasteiger partial charge in [-0.2, -0.15) is 0 Å². The first-order valence-electron chi connectivity index (χ1n) is 9.40. The van der Waals surface area contributed by atoms with E-state index in [0.717, 1.165) is 23.1 Å². The zero-order valence-corrected chi connectivity index (χ0v) is 17.1. The van der Waals surface area contributed by atoms with Crippen molar-refractivity contribution in [2.75, 3.05) is 27.2 Å². The van der Waals surface area contributed by atoms with Gasteiger partial charge < -0.3 is 4.74 Å². The molecule has 1 saturated heterocycles. The Morgan fingerprint density at radius 3 is 2.25 bits per heavy atom. The third kappa shape index (κ3) is 4.60. The lowest BCUT2D eigenvalue weighted by Gasteiger charge is -2.39. The second kappa shape index (κ2) is 8.43. The quantitative estimate of drug-likeness (QED) is 0.595. The molecule has 0 atom stereocenters. The zero-order chi connectivity index (χ0) is 20.2. The molecule has 0 unspecified atom stereocenters. The molecule has 150 valence electrons. The molecule has 0 spiro atoms. The highest BCUT2D eigenvalue weighted by Gasteiger charge is 2.37. The Kier molecular flexibility index (Phi) is 6.17. The fraction of sp³-hybridized carbons (Fsp3) is 0.381. The van der Waals surface area contributed by atoms with E-state index in [-0.39, 0.29) is 11.8 Å². The lowest BCUT2D eigenvalue weighted by Crippen LogP contribution is -2.54. The average Bonchev–Trinajstić information content (AvgIpc) is 2.73. The number of sulfonamides is 1. The predicted molar refractivity (Wildman–Crippen MR) is 110 cm³/mol. The van der Waals surface area contributed by atoms with E-state index in [9.17, 15) is 13.2 Å². The summed E-state index contributed by atoms with van der Waals surface area (Å²) in [6.07, 6.45) is 1.25. The Hall–Kier alpha value is -2.22. The zero-order valence-electron chi connectivity index (χ0n) is 16.3. The van der Waals surface area contributed by atoms with E-state index in [1.807, 2.05) is 18.2 Å². The number of nitrogens with one attached hydrogen (secondary N) is 1. The van der Waals surface area contributed by atoms with Gasteiger partial charge in [-0.1, -0.05) is 30.3 Å². The van der Waals surface area contributed by atoms with Crippen molar-refractivity contribution < 1.29 is 17.9 Å². The van der Waals surface area contributed by atoms with E-state index in [2.05, 4.69) is 28.6 Å². The average molecular weight is 404 g/mol. The smallest absolute Gasteiger partial charge is 0.337 e. The van der Waals surface area contributed by atoms with E-state index < -0.39 is 16.0 Å². The molecule has 28 heavy (non-hydrogen) atoms. The van der Waals surface area contributed by atoms with Gasteiger partial charge in [-0.05, 0) is 29.8 Å². The lowest BCUT2D eigenvalue weighted by molar-refractivity contribution is 0.0600. The summed E-state index contributed by atoms with van der Waals surface area (Å²) in [6, 6.07) is 17.0. The summed E-state index contributed by atoms with van der Waals surface area (Å²) in [6.45, 7) is 1.80. The van der Waals surface area contributed by atoms with Crippen LogP contribution in [-0.2, 0) is 21.3 Å². The number of likely N-dealkylation sites (tertiary alicyclic amines) is 1. The first-order chi connectivity index (χ1) is 13.3. The van der Waals surface area contributed by atoms with Crippen LogP contribution < -0.4 is 9.21 Å². The van der Waals surface area contributed by atoms with Crippen LogP contribution in [0.25, 0.3) is 0 Å². The third-order valence-corrected chi connectivity index (χ3v) is 7.46. The SMILES string of the molecule is COC(=O)c1ccc(CNS(=O)(=O)C2CC[N+](C)(c3ccccc3)CC2)cc1. The number of hydrogen-bond acceptors (Lipinski definition) is 4. The van der Waals surface area contributed by atoms with Crippen LogP contribution in [0.3, 0.4) is 0 Å². The lowest BCUT2D eigenvalue weighted by atomic mass is 10.1. The summed E-state index contributed by atoms with van der Waals surface area (Å²) in [5.41, 5.74) is 2.47. The van der Waals surface area contributed by atoms with E-state index >= 15 is 0 Å². The number of rotatable bonds is 6. The van der Waals surface area contributed by atoms with Gasteiger partial charge >= 0.3 is 5.97 Å². The van der Waals surface area contributed by atoms with Gasteiger partial charge in [0.2, 0.25) is 10.0 Å². The summed E-state index contributed by atoms with van der Waals surface area (Å²) in [4.78, 5) is 11.5. The monoisotopic (exact) mass is 403 g/mol. The fourth-order valence-corrected chi connectivity index (χ4v) is 5.08. The molecule has 0 bridgehead atoms. The van der Waals surface area contributed by atoms with E-state index in [4.69, 9.17) is 0 Å². The maximum absolute atomic E-state index is 12.7. The largest absolute Gasteiger partial charge is 0.465 e. The number of esters is 1. The number of para-hydroxylation sites is 1. The van der Waals surface area contributed by atoms with Crippen LogP contribution in [0, 0.1) is 0 Å². The van der Waals surface area contributed by atoms with Crippen molar-refractivity contribution in [1.29, 1.82) is 0 Å². The summed E-state index contributed by atoms with van der Waals surface area (Å²) >= 11 is 0. The number of carbonyl (C=O) groups excluding carboxylic acids is 1. The molecule has 0 amide bonds. The molecule has 6 nitrogen and oxygen atoms in total. The molecule has 0 radical (unpaired) electrons. The molecule has 2 aromatic rings. The van der Waals surface area contributed by atoms with Gasteiger partial charge in [-0.15, -0.1) is 0 Å². The minimum absolute atomic E-state index is 0.213. The number of quaternary nitrogens is 1. The van der Waals surface area contributed by atoms with Gasteiger partial charge in [0.1, 0.15) is 5.69 Å². The highest BCUT2D eigenvalue weighted by molar-refractivity contribution is 7.90. The van der Waals surface area contributed by atoms with Crippen LogP contribution in [0.15, 0.2) is 54.6 Å². The van der Waals surface area contributed by atoms with Crippen molar-refractivity contribution in [3.8, 4) is 0 Å². The highest BCUT2D eigenvalue weighted by Crippen LogP contribution is 2.28.